The lowest BCUT2D eigenvalue weighted by Crippen LogP contribution is -2.37. The normalized spacial score (nSPS) is 11.5. The molecule has 0 aromatic heterocycles. The molecule has 0 aliphatic heterocycles. The van der Waals surface area contributed by atoms with Crippen LogP contribution in [0, 0.1) is 11.2 Å². The van der Waals surface area contributed by atoms with Crippen molar-refractivity contribution >= 4 is 35.0 Å². The number of urea groups is 1. The number of carbonyl (C=O) groups is 1. The Morgan fingerprint density at radius 1 is 1.02 bits per heavy atom. The maximum absolute atomic E-state index is 14.9. The molecule has 0 radical (unpaired) electrons. The third-order valence-corrected chi connectivity index (χ3v) is 5.91. The number of benzene rings is 2. The molecule has 0 saturated heterocycles. The van der Waals surface area contributed by atoms with Crippen molar-refractivity contribution in [3.05, 3.63) is 54.4 Å². The highest BCUT2D eigenvalue weighted by Gasteiger charge is 2.46. The highest BCUT2D eigenvalue weighted by molar-refractivity contribution is 5.90. The number of halogens is 4. The van der Waals surface area contributed by atoms with Gasteiger partial charge < -0.3 is 25.4 Å². The summed E-state index contributed by atoms with van der Waals surface area (Å²) < 4.78 is 64.1. The van der Waals surface area contributed by atoms with Crippen LogP contribution >= 0.6 is 0 Å². The number of methoxy groups -OCH3 is 1. The zero-order valence-electron chi connectivity index (χ0n) is 24.7. The van der Waals surface area contributed by atoms with Gasteiger partial charge in [0.25, 0.3) is 0 Å². The first-order valence-electron chi connectivity index (χ1n) is 13.4. The van der Waals surface area contributed by atoms with Crippen molar-refractivity contribution < 1.29 is 31.8 Å². The largest absolute Gasteiger partial charge is 0.491 e. The molecular weight excluding hydrogens is 540 g/mol. The SMILES string of the molecule is C=C(Nc1ccc(NC(=O)NCCC(C)(C)C(F)(F)F)cc1)c1c(F)cc(OCCOC)cc1N=CC.CCCC. The van der Waals surface area contributed by atoms with Gasteiger partial charge in [-0.05, 0) is 37.6 Å². The van der Waals surface area contributed by atoms with Crippen molar-refractivity contribution in [3.63, 3.8) is 0 Å². The van der Waals surface area contributed by atoms with Crippen LogP contribution in [0.25, 0.3) is 5.70 Å². The molecule has 228 valence electrons. The Bertz CT molecular complexity index is 1130. The van der Waals surface area contributed by atoms with Crippen molar-refractivity contribution in [1.82, 2.24) is 5.32 Å². The average molecular weight is 583 g/mol. The summed E-state index contributed by atoms with van der Waals surface area (Å²) in [5.74, 6) is -0.265. The van der Waals surface area contributed by atoms with Crippen LogP contribution < -0.4 is 20.7 Å². The van der Waals surface area contributed by atoms with E-state index >= 15 is 0 Å². The minimum absolute atomic E-state index is 0.137. The first kappa shape index (κ1) is 35.4. The van der Waals surface area contributed by atoms with E-state index in [-0.39, 0.29) is 30.8 Å². The minimum Gasteiger partial charge on any atom is -0.491 e. The van der Waals surface area contributed by atoms with Gasteiger partial charge in [0.1, 0.15) is 18.2 Å². The molecule has 3 N–H and O–H groups in total. The van der Waals surface area contributed by atoms with Crippen molar-refractivity contribution in [1.29, 1.82) is 0 Å². The molecular formula is C30H42F4N4O3. The Morgan fingerprint density at radius 2 is 1.61 bits per heavy atom. The van der Waals surface area contributed by atoms with E-state index in [0.717, 1.165) is 13.8 Å². The molecule has 2 amide bonds. The second-order valence-corrected chi connectivity index (χ2v) is 9.72. The van der Waals surface area contributed by atoms with E-state index in [1.165, 1.54) is 32.2 Å². The molecule has 0 fully saturated rings. The summed E-state index contributed by atoms with van der Waals surface area (Å²) in [7, 11) is 1.54. The number of rotatable bonds is 13. The Morgan fingerprint density at radius 3 is 2.12 bits per heavy atom. The number of nitrogens with zero attached hydrogens (tertiary/aromatic N) is 1. The molecule has 41 heavy (non-hydrogen) atoms. The molecule has 7 nitrogen and oxygen atoms in total. The topological polar surface area (TPSA) is 84.0 Å². The molecule has 0 aliphatic carbocycles. The minimum atomic E-state index is -4.36. The van der Waals surface area contributed by atoms with E-state index < -0.39 is 23.4 Å². The number of nitrogens with one attached hydrogen (secondary N) is 3. The third kappa shape index (κ3) is 12.2. The monoisotopic (exact) mass is 582 g/mol. The van der Waals surface area contributed by atoms with E-state index in [1.807, 2.05) is 0 Å². The van der Waals surface area contributed by atoms with Gasteiger partial charge in [-0.25, -0.2) is 9.18 Å². The number of hydrogen-bond acceptors (Lipinski definition) is 5. The molecule has 0 unspecified atom stereocenters. The van der Waals surface area contributed by atoms with Crippen LogP contribution in [-0.4, -0.2) is 45.3 Å². The van der Waals surface area contributed by atoms with Crippen LogP contribution in [-0.2, 0) is 4.74 Å². The van der Waals surface area contributed by atoms with Gasteiger partial charge in [0, 0.05) is 49.1 Å². The Kier molecular flexibility index (Phi) is 14.9. The van der Waals surface area contributed by atoms with Crippen LogP contribution in [0.2, 0.25) is 0 Å². The Hall–Kier alpha value is -3.60. The quantitative estimate of drug-likeness (QED) is 0.126. The fourth-order valence-corrected chi connectivity index (χ4v) is 3.11. The number of anilines is 2. The summed E-state index contributed by atoms with van der Waals surface area (Å²) >= 11 is 0. The Balaban J connectivity index is 0.00000196. The smallest absolute Gasteiger partial charge is 0.394 e. The van der Waals surface area contributed by atoms with Crippen LogP contribution in [0.5, 0.6) is 5.75 Å². The lowest BCUT2D eigenvalue weighted by molar-refractivity contribution is -0.213. The number of aliphatic imine (C=N–C) groups is 1. The predicted octanol–water partition coefficient (Wildman–Crippen LogP) is 8.56. The van der Waals surface area contributed by atoms with E-state index in [2.05, 4.69) is 41.4 Å². The predicted molar refractivity (Wildman–Crippen MR) is 159 cm³/mol. The second-order valence-electron chi connectivity index (χ2n) is 9.72. The van der Waals surface area contributed by atoms with Crippen molar-refractivity contribution in [2.45, 2.75) is 60.1 Å². The van der Waals surface area contributed by atoms with Gasteiger partial charge in [-0.2, -0.15) is 13.2 Å². The average Bonchev–Trinajstić information content (AvgIpc) is 2.89. The summed E-state index contributed by atoms with van der Waals surface area (Å²) in [6.45, 7) is 12.6. The zero-order chi connectivity index (χ0) is 31.1. The number of amides is 2. The van der Waals surface area contributed by atoms with Gasteiger partial charge in [0.05, 0.1) is 23.3 Å². The maximum Gasteiger partial charge on any atom is 0.394 e. The van der Waals surface area contributed by atoms with Crippen molar-refractivity contribution in [2.75, 3.05) is 37.5 Å². The van der Waals surface area contributed by atoms with E-state index in [9.17, 15) is 22.4 Å². The molecule has 0 atom stereocenters. The van der Waals surface area contributed by atoms with Crippen LogP contribution in [0.1, 0.15) is 59.4 Å². The van der Waals surface area contributed by atoms with Crippen molar-refractivity contribution in [2.24, 2.45) is 10.4 Å². The van der Waals surface area contributed by atoms with Gasteiger partial charge in [0.15, 0.2) is 0 Å². The molecule has 0 aliphatic rings. The summed E-state index contributed by atoms with van der Waals surface area (Å²) in [6.07, 6.45) is -0.444. The van der Waals surface area contributed by atoms with Crippen LogP contribution in [0.15, 0.2) is 48.0 Å². The Labute approximate surface area is 240 Å². The van der Waals surface area contributed by atoms with Gasteiger partial charge in [0.2, 0.25) is 0 Å². The fourth-order valence-electron chi connectivity index (χ4n) is 3.11. The summed E-state index contributed by atoms with van der Waals surface area (Å²) in [5, 5.41) is 7.99. The molecule has 11 heteroatoms. The van der Waals surface area contributed by atoms with Gasteiger partial charge in [-0.1, -0.05) is 47.1 Å². The van der Waals surface area contributed by atoms with E-state index in [0.29, 0.717) is 29.4 Å². The maximum atomic E-state index is 14.9. The standard InChI is InChI=1S/C26H32F4N4O3.C4H10/c1-6-31-22-16-20(37-14-13-36-5)15-21(27)23(22)17(2)33-18-7-9-19(10-8-18)34-24(35)32-12-11-25(3,4)26(28,29)30;1-3-4-2/h6-10,15-16,33H,2,11-14H2,1,3-5H3,(H2,32,34,35);3-4H2,1-2H3. The fraction of sp³-hybridized carbons (Fsp3) is 0.467. The number of hydrogen-bond donors (Lipinski definition) is 3. The molecule has 0 spiro atoms. The third-order valence-electron chi connectivity index (χ3n) is 5.91. The van der Waals surface area contributed by atoms with Gasteiger partial charge in [-0.15, -0.1) is 0 Å². The van der Waals surface area contributed by atoms with E-state index in [1.54, 1.807) is 37.3 Å². The van der Waals surface area contributed by atoms with E-state index in [4.69, 9.17) is 9.47 Å². The number of ether oxygens (including phenoxy) is 2. The molecule has 2 aromatic rings. The number of carbonyl (C=O) groups excluding carboxylic acids is 1. The molecule has 0 bridgehead atoms. The van der Waals surface area contributed by atoms with Gasteiger partial charge in [-0.3, -0.25) is 4.99 Å². The lowest BCUT2D eigenvalue weighted by Gasteiger charge is -2.27. The first-order valence-corrected chi connectivity index (χ1v) is 13.4. The second kappa shape index (κ2) is 17.3. The van der Waals surface area contributed by atoms with Crippen LogP contribution in [0.4, 0.5) is 39.4 Å². The first-order chi connectivity index (χ1) is 19.3. The highest BCUT2D eigenvalue weighted by Crippen LogP contribution is 2.40. The number of unbranched alkanes of at least 4 members (excludes halogenated alkanes) is 1. The molecule has 2 rings (SSSR count). The number of alkyl halides is 3. The lowest BCUT2D eigenvalue weighted by atomic mass is 9.89. The van der Waals surface area contributed by atoms with Gasteiger partial charge >= 0.3 is 12.2 Å². The molecule has 0 heterocycles. The highest BCUT2D eigenvalue weighted by atomic mass is 19.4. The van der Waals surface area contributed by atoms with Crippen molar-refractivity contribution in [3.8, 4) is 5.75 Å². The van der Waals surface area contributed by atoms with Crippen LogP contribution in [0.3, 0.4) is 0 Å². The summed E-state index contributed by atoms with van der Waals surface area (Å²) in [4.78, 5) is 16.3. The summed E-state index contributed by atoms with van der Waals surface area (Å²) in [5.41, 5.74) is -0.170. The molecule has 2 aromatic carbocycles. The molecule has 0 saturated carbocycles. The zero-order valence-corrected chi connectivity index (χ0v) is 24.7. The summed E-state index contributed by atoms with van der Waals surface area (Å²) in [6, 6.07) is 8.66.